The molecule has 1 aliphatic carbocycles. The zero-order chi connectivity index (χ0) is 22.2. The van der Waals surface area contributed by atoms with Gasteiger partial charge < -0.3 is 10.1 Å². The Balaban J connectivity index is 1.52. The zero-order valence-electron chi connectivity index (χ0n) is 18.4. The third-order valence-electron chi connectivity index (χ3n) is 5.76. The Morgan fingerprint density at radius 1 is 1.35 bits per heavy atom. The van der Waals surface area contributed by atoms with Crippen LogP contribution in [-0.2, 0) is 11.3 Å². The largest absolute Gasteiger partial charge is 0.494 e. The number of amides is 1. The SMILES string of the molecule is COc1cc(=O)n(CC(=O)NC2=CC3=NCN(C)N3C=C2)nc1C1=CCC(C)(C)CC1. The molecule has 4 rings (SSSR count). The molecule has 0 radical (unpaired) electrons. The first-order chi connectivity index (χ1) is 14.8. The molecule has 1 aromatic heterocycles. The van der Waals surface area contributed by atoms with Crippen LogP contribution in [0.15, 0.2) is 46.0 Å². The van der Waals surface area contributed by atoms with Crippen molar-refractivity contribution < 1.29 is 9.53 Å². The van der Waals surface area contributed by atoms with Crippen molar-refractivity contribution in [2.24, 2.45) is 10.4 Å². The minimum atomic E-state index is -0.381. The number of allylic oxidation sites excluding steroid dienone is 3. The summed E-state index contributed by atoms with van der Waals surface area (Å²) in [5.41, 5.74) is 2.16. The third-order valence-corrected chi connectivity index (χ3v) is 5.76. The average Bonchev–Trinajstić information content (AvgIpc) is 3.09. The Labute approximate surface area is 181 Å². The van der Waals surface area contributed by atoms with Gasteiger partial charge in [-0.05, 0) is 36.3 Å². The number of carbonyl (C=O) groups excluding carboxylic acids is 1. The van der Waals surface area contributed by atoms with Crippen LogP contribution >= 0.6 is 0 Å². The van der Waals surface area contributed by atoms with Crippen molar-refractivity contribution >= 4 is 17.3 Å². The summed E-state index contributed by atoms with van der Waals surface area (Å²) in [5.74, 6) is 0.865. The standard InChI is InChI=1S/C22H28N6O3/c1-22(2)8-5-15(6-9-22)21-17(31-4)12-20(30)27(25-21)13-19(29)24-16-7-10-28-18(11-16)23-14-26(28)3/h5,7,10-12H,6,8-9,13-14H2,1-4H3,(H,24,29). The lowest BCUT2D eigenvalue weighted by Gasteiger charge is -2.28. The van der Waals surface area contributed by atoms with E-state index < -0.39 is 0 Å². The molecule has 1 amide bonds. The highest BCUT2D eigenvalue weighted by molar-refractivity contribution is 5.97. The fourth-order valence-electron chi connectivity index (χ4n) is 3.80. The summed E-state index contributed by atoms with van der Waals surface area (Å²) >= 11 is 0. The number of rotatable bonds is 5. The molecular weight excluding hydrogens is 396 g/mol. The van der Waals surface area contributed by atoms with Gasteiger partial charge in [0.15, 0.2) is 5.75 Å². The number of amidine groups is 1. The molecule has 0 saturated carbocycles. The molecule has 1 aromatic rings. The second-order valence-electron chi connectivity index (χ2n) is 8.78. The number of nitrogens with one attached hydrogen (secondary N) is 1. The number of hydrogen-bond donors (Lipinski definition) is 1. The summed E-state index contributed by atoms with van der Waals surface area (Å²) in [7, 11) is 3.46. The summed E-state index contributed by atoms with van der Waals surface area (Å²) in [6, 6.07) is 1.40. The van der Waals surface area contributed by atoms with E-state index >= 15 is 0 Å². The van der Waals surface area contributed by atoms with Crippen molar-refractivity contribution in [3.8, 4) is 5.75 Å². The Hall–Kier alpha value is -3.20. The molecule has 31 heavy (non-hydrogen) atoms. The number of ether oxygens (including phenoxy) is 1. The van der Waals surface area contributed by atoms with Gasteiger partial charge in [-0.1, -0.05) is 19.9 Å². The Morgan fingerprint density at radius 2 is 2.16 bits per heavy atom. The zero-order valence-corrected chi connectivity index (χ0v) is 18.4. The van der Waals surface area contributed by atoms with Crippen molar-refractivity contribution in [3.63, 3.8) is 0 Å². The van der Waals surface area contributed by atoms with Crippen LogP contribution in [-0.4, -0.2) is 52.4 Å². The Kier molecular flexibility index (Phi) is 5.53. The molecule has 0 saturated heterocycles. The predicted octanol–water partition coefficient (Wildman–Crippen LogP) is 1.89. The van der Waals surface area contributed by atoms with Crippen molar-refractivity contribution in [1.82, 2.24) is 25.1 Å². The van der Waals surface area contributed by atoms with Crippen LogP contribution in [0.3, 0.4) is 0 Å². The van der Waals surface area contributed by atoms with Gasteiger partial charge >= 0.3 is 0 Å². The minimum absolute atomic E-state index is 0.185. The molecule has 1 N–H and O–H groups in total. The highest BCUT2D eigenvalue weighted by Gasteiger charge is 2.25. The van der Waals surface area contributed by atoms with Gasteiger partial charge in [-0.2, -0.15) is 10.1 Å². The number of hydrogen-bond acceptors (Lipinski definition) is 7. The van der Waals surface area contributed by atoms with Gasteiger partial charge in [0, 0.05) is 31.1 Å². The molecule has 3 aliphatic rings. The van der Waals surface area contributed by atoms with Gasteiger partial charge in [0.2, 0.25) is 5.91 Å². The normalized spacial score (nSPS) is 20.0. The molecule has 0 aromatic carbocycles. The smallest absolute Gasteiger partial charge is 0.270 e. The van der Waals surface area contributed by atoms with Gasteiger partial charge in [-0.15, -0.1) is 0 Å². The molecule has 0 atom stereocenters. The number of methoxy groups -OCH3 is 1. The first-order valence-electron chi connectivity index (χ1n) is 10.4. The summed E-state index contributed by atoms with van der Waals surface area (Å²) in [6.45, 7) is 4.85. The number of aromatic nitrogens is 2. The number of hydrazine groups is 1. The fourth-order valence-corrected chi connectivity index (χ4v) is 3.80. The molecule has 2 aliphatic heterocycles. The van der Waals surface area contributed by atoms with Crippen LogP contribution in [0.2, 0.25) is 0 Å². The summed E-state index contributed by atoms with van der Waals surface area (Å²) in [5, 5.41) is 11.2. The number of carbonyl (C=O) groups is 1. The van der Waals surface area contributed by atoms with Gasteiger partial charge in [-0.25, -0.2) is 9.67 Å². The van der Waals surface area contributed by atoms with Gasteiger partial charge in [0.05, 0.1) is 7.11 Å². The van der Waals surface area contributed by atoms with E-state index in [0.29, 0.717) is 23.8 Å². The van der Waals surface area contributed by atoms with Crippen molar-refractivity contribution in [2.45, 2.75) is 39.7 Å². The first-order valence-corrected chi connectivity index (χ1v) is 10.4. The maximum absolute atomic E-state index is 12.6. The Morgan fingerprint density at radius 3 is 2.87 bits per heavy atom. The van der Waals surface area contributed by atoms with Crippen molar-refractivity contribution in [1.29, 1.82) is 0 Å². The van der Waals surface area contributed by atoms with Crippen LogP contribution in [0.25, 0.3) is 5.57 Å². The average molecular weight is 425 g/mol. The molecule has 0 bridgehead atoms. The van der Waals surface area contributed by atoms with Crippen molar-refractivity contribution in [3.05, 3.63) is 52.2 Å². The molecule has 3 heterocycles. The number of aliphatic imine (C=N–C) groups is 1. The second kappa shape index (κ2) is 8.14. The van der Waals surface area contributed by atoms with E-state index in [4.69, 9.17) is 4.74 Å². The highest BCUT2D eigenvalue weighted by atomic mass is 16.5. The molecule has 9 heteroatoms. The van der Waals surface area contributed by atoms with E-state index in [2.05, 4.69) is 35.3 Å². The number of fused-ring (bicyclic) bond motifs is 1. The molecule has 0 fully saturated rings. The topological polar surface area (TPSA) is 92.1 Å². The van der Waals surface area contributed by atoms with E-state index in [1.165, 1.54) is 17.9 Å². The second-order valence-corrected chi connectivity index (χ2v) is 8.78. The fraction of sp³-hybridized carbons (Fsp3) is 0.455. The van der Waals surface area contributed by atoms with Gasteiger partial charge in [0.1, 0.15) is 24.7 Å². The van der Waals surface area contributed by atoms with Crippen LogP contribution in [0.4, 0.5) is 0 Å². The maximum Gasteiger partial charge on any atom is 0.270 e. The monoisotopic (exact) mass is 424 g/mol. The molecule has 0 spiro atoms. The maximum atomic E-state index is 12.6. The lowest BCUT2D eigenvalue weighted by atomic mass is 9.78. The highest BCUT2D eigenvalue weighted by Crippen LogP contribution is 2.39. The number of nitrogens with zero attached hydrogens (tertiary/aromatic N) is 5. The quantitative estimate of drug-likeness (QED) is 0.776. The van der Waals surface area contributed by atoms with E-state index in [1.807, 2.05) is 23.3 Å². The molecular formula is C22H28N6O3. The van der Waals surface area contributed by atoms with Crippen LogP contribution < -0.4 is 15.6 Å². The minimum Gasteiger partial charge on any atom is -0.494 e. The molecule has 164 valence electrons. The first kappa shape index (κ1) is 21.0. The van der Waals surface area contributed by atoms with Crippen LogP contribution in [0.5, 0.6) is 5.75 Å². The lowest BCUT2D eigenvalue weighted by Crippen LogP contribution is -2.37. The van der Waals surface area contributed by atoms with Crippen LogP contribution in [0.1, 0.15) is 38.8 Å². The van der Waals surface area contributed by atoms with E-state index in [0.717, 1.165) is 30.7 Å². The molecule has 9 nitrogen and oxygen atoms in total. The summed E-state index contributed by atoms with van der Waals surface area (Å²) in [6.07, 6.45) is 10.4. The van der Waals surface area contributed by atoms with Gasteiger partial charge in [0.25, 0.3) is 5.56 Å². The predicted molar refractivity (Wildman–Crippen MR) is 118 cm³/mol. The van der Waals surface area contributed by atoms with E-state index in [1.54, 1.807) is 12.2 Å². The third kappa shape index (κ3) is 4.46. The summed E-state index contributed by atoms with van der Waals surface area (Å²) in [4.78, 5) is 29.5. The van der Waals surface area contributed by atoms with E-state index in [-0.39, 0.29) is 23.4 Å². The van der Waals surface area contributed by atoms with Crippen molar-refractivity contribution in [2.75, 3.05) is 20.8 Å². The summed E-state index contributed by atoms with van der Waals surface area (Å²) < 4.78 is 6.59. The van der Waals surface area contributed by atoms with Crippen LogP contribution in [0, 0.1) is 5.41 Å². The molecule has 0 unspecified atom stereocenters. The van der Waals surface area contributed by atoms with E-state index in [9.17, 15) is 9.59 Å². The Bertz CT molecular complexity index is 1080. The van der Waals surface area contributed by atoms with Gasteiger partial charge in [-0.3, -0.25) is 14.6 Å². The lowest BCUT2D eigenvalue weighted by molar-refractivity contribution is -0.121.